The summed E-state index contributed by atoms with van der Waals surface area (Å²) >= 11 is 0. The first-order valence-electron chi connectivity index (χ1n) is 7.09. The normalized spacial score (nSPS) is 13.2. The third-order valence-corrected chi connectivity index (χ3v) is 3.34. The van der Waals surface area contributed by atoms with Crippen LogP contribution in [-0.2, 0) is 0 Å². The highest BCUT2D eigenvalue weighted by atomic mass is 19.1. The SMILES string of the molecule is C[C@H](NC(=O)NCC(O)c1cccc(F)c1)c1ccccc1. The summed E-state index contributed by atoms with van der Waals surface area (Å²) in [5.74, 6) is -0.418. The zero-order valence-corrected chi connectivity index (χ0v) is 12.3. The van der Waals surface area contributed by atoms with E-state index in [1.54, 1.807) is 6.07 Å². The van der Waals surface area contributed by atoms with Gasteiger partial charge in [0.15, 0.2) is 0 Å². The second-order valence-electron chi connectivity index (χ2n) is 5.06. The number of nitrogens with one attached hydrogen (secondary N) is 2. The largest absolute Gasteiger partial charge is 0.387 e. The second-order valence-corrected chi connectivity index (χ2v) is 5.06. The van der Waals surface area contributed by atoms with Crippen LogP contribution in [0.4, 0.5) is 9.18 Å². The van der Waals surface area contributed by atoms with E-state index < -0.39 is 11.9 Å². The molecule has 1 unspecified atom stereocenters. The van der Waals surface area contributed by atoms with E-state index in [1.807, 2.05) is 37.3 Å². The third-order valence-electron chi connectivity index (χ3n) is 3.34. The van der Waals surface area contributed by atoms with Crippen LogP contribution in [0.25, 0.3) is 0 Å². The van der Waals surface area contributed by atoms with Crippen molar-refractivity contribution >= 4 is 6.03 Å². The number of aliphatic hydroxyl groups excluding tert-OH is 1. The molecule has 2 aromatic rings. The molecule has 0 bridgehead atoms. The van der Waals surface area contributed by atoms with Gasteiger partial charge in [0.2, 0.25) is 0 Å². The van der Waals surface area contributed by atoms with Gasteiger partial charge in [-0.3, -0.25) is 0 Å². The molecule has 0 aliphatic carbocycles. The Morgan fingerprint density at radius 2 is 1.82 bits per heavy atom. The predicted molar refractivity (Wildman–Crippen MR) is 82.8 cm³/mol. The molecule has 2 rings (SSSR count). The van der Waals surface area contributed by atoms with Crippen molar-refractivity contribution < 1.29 is 14.3 Å². The number of carbonyl (C=O) groups excluding carboxylic acids is 1. The molecule has 0 spiro atoms. The van der Waals surface area contributed by atoms with E-state index in [4.69, 9.17) is 0 Å². The Morgan fingerprint density at radius 3 is 2.50 bits per heavy atom. The summed E-state index contributed by atoms with van der Waals surface area (Å²) in [7, 11) is 0. The van der Waals surface area contributed by atoms with E-state index in [9.17, 15) is 14.3 Å². The van der Waals surface area contributed by atoms with Crippen molar-refractivity contribution in [1.82, 2.24) is 10.6 Å². The average molecular weight is 302 g/mol. The number of hydrogen-bond donors (Lipinski definition) is 3. The Bertz CT molecular complexity index is 619. The molecule has 4 nitrogen and oxygen atoms in total. The van der Waals surface area contributed by atoms with Gasteiger partial charge in [-0.05, 0) is 30.2 Å². The Hall–Kier alpha value is -2.40. The van der Waals surface area contributed by atoms with Crippen molar-refractivity contribution in [2.24, 2.45) is 0 Å². The molecule has 0 radical (unpaired) electrons. The maximum Gasteiger partial charge on any atom is 0.315 e. The molecular weight excluding hydrogens is 283 g/mol. The zero-order valence-electron chi connectivity index (χ0n) is 12.3. The Balaban J connectivity index is 1.82. The molecule has 0 saturated carbocycles. The molecule has 0 saturated heterocycles. The van der Waals surface area contributed by atoms with Crippen LogP contribution in [-0.4, -0.2) is 17.7 Å². The topological polar surface area (TPSA) is 61.4 Å². The van der Waals surface area contributed by atoms with Crippen LogP contribution in [0.5, 0.6) is 0 Å². The first-order chi connectivity index (χ1) is 10.6. The van der Waals surface area contributed by atoms with Gasteiger partial charge in [0.25, 0.3) is 0 Å². The smallest absolute Gasteiger partial charge is 0.315 e. The molecule has 3 N–H and O–H groups in total. The van der Waals surface area contributed by atoms with Gasteiger partial charge >= 0.3 is 6.03 Å². The number of rotatable bonds is 5. The average Bonchev–Trinajstić information content (AvgIpc) is 2.53. The van der Waals surface area contributed by atoms with Crippen LogP contribution in [0.15, 0.2) is 54.6 Å². The summed E-state index contributed by atoms with van der Waals surface area (Å²) in [6, 6.07) is 14.7. The first kappa shape index (κ1) is 16.0. The Kier molecular flexibility index (Phi) is 5.49. The van der Waals surface area contributed by atoms with Crippen LogP contribution >= 0.6 is 0 Å². The molecule has 2 atom stereocenters. The molecule has 0 fully saturated rings. The van der Waals surface area contributed by atoms with Crippen LogP contribution in [0.3, 0.4) is 0 Å². The van der Waals surface area contributed by atoms with Crippen molar-refractivity contribution in [1.29, 1.82) is 0 Å². The van der Waals surface area contributed by atoms with Crippen molar-refractivity contribution in [3.05, 3.63) is 71.5 Å². The van der Waals surface area contributed by atoms with Crippen molar-refractivity contribution in [3.8, 4) is 0 Å². The summed E-state index contributed by atoms with van der Waals surface area (Å²) in [6.45, 7) is 1.88. The van der Waals surface area contributed by atoms with E-state index in [0.29, 0.717) is 5.56 Å². The lowest BCUT2D eigenvalue weighted by Crippen LogP contribution is -2.39. The second kappa shape index (κ2) is 7.56. The van der Waals surface area contributed by atoms with E-state index in [2.05, 4.69) is 10.6 Å². The van der Waals surface area contributed by atoms with E-state index in [1.165, 1.54) is 18.2 Å². The maximum atomic E-state index is 13.1. The molecule has 2 aromatic carbocycles. The predicted octanol–water partition coefficient (Wildman–Crippen LogP) is 2.92. The van der Waals surface area contributed by atoms with Gasteiger partial charge in [-0.25, -0.2) is 9.18 Å². The number of carbonyl (C=O) groups is 1. The third kappa shape index (κ3) is 4.56. The van der Waals surface area contributed by atoms with Crippen LogP contribution in [0.1, 0.15) is 30.2 Å². The summed E-state index contributed by atoms with van der Waals surface area (Å²) in [4.78, 5) is 11.8. The number of amides is 2. The summed E-state index contributed by atoms with van der Waals surface area (Å²) in [5, 5.41) is 15.3. The number of hydrogen-bond acceptors (Lipinski definition) is 2. The minimum absolute atomic E-state index is 0.0107. The molecule has 0 heterocycles. The minimum atomic E-state index is -0.950. The van der Waals surface area contributed by atoms with Crippen LogP contribution in [0, 0.1) is 5.82 Å². The number of benzene rings is 2. The highest BCUT2D eigenvalue weighted by Crippen LogP contribution is 2.13. The molecular formula is C17H19FN2O2. The molecule has 2 amide bonds. The number of aliphatic hydroxyl groups is 1. The van der Waals surface area contributed by atoms with Gasteiger partial charge in [-0.1, -0.05) is 42.5 Å². The fraction of sp³-hybridized carbons (Fsp3) is 0.235. The summed E-state index contributed by atoms with van der Waals surface area (Å²) in [6.07, 6.45) is -0.950. The van der Waals surface area contributed by atoms with Gasteiger partial charge in [0, 0.05) is 6.54 Å². The lowest BCUT2D eigenvalue weighted by Gasteiger charge is -2.17. The lowest BCUT2D eigenvalue weighted by molar-refractivity contribution is 0.172. The number of halogens is 1. The maximum absolute atomic E-state index is 13.1. The van der Waals surface area contributed by atoms with E-state index in [0.717, 1.165) is 5.56 Å². The van der Waals surface area contributed by atoms with E-state index in [-0.39, 0.29) is 18.6 Å². The van der Waals surface area contributed by atoms with E-state index >= 15 is 0 Å². The summed E-state index contributed by atoms with van der Waals surface area (Å²) in [5.41, 5.74) is 1.42. The van der Waals surface area contributed by atoms with Crippen molar-refractivity contribution in [3.63, 3.8) is 0 Å². The van der Waals surface area contributed by atoms with Crippen LogP contribution < -0.4 is 10.6 Å². The molecule has 5 heteroatoms. The van der Waals surface area contributed by atoms with Gasteiger partial charge in [0.05, 0.1) is 12.1 Å². The lowest BCUT2D eigenvalue weighted by atomic mass is 10.1. The van der Waals surface area contributed by atoms with Crippen molar-refractivity contribution in [2.75, 3.05) is 6.54 Å². The fourth-order valence-corrected chi connectivity index (χ4v) is 2.09. The highest BCUT2D eigenvalue weighted by molar-refractivity contribution is 5.74. The quantitative estimate of drug-likeness (QED) is 0.795. The monoisotopic (exact) mass is 302 g/mol. The highest BCUT2D eigenvalue weighted by Gasteiger charge is 2.12. The molecule has 0 aliphatic heterocycles. The number of urea groups is 1. The summed E-state index contributed by atoms with van der Waals surface area (Å²) < 4.78 is 13.1. The standard InChI is InChI=1S/C17H19FN2O2/c1-12(13-6-3-2-4-7-13)20-17(22)19-11-16(21)14-8-5-9-15(18)10-14/h2-10,12,16,21H,11H2,1H3,(H2,19,20,22)/t12-,16?/m0/s1. The minimum Gasteiger partial charge on any atom is -0.387 e. The zero-order chi connectivity index (χ0) is 15.9. The molecule has 0 aromatic heterocycles. The molecule has 116 valence electrons. The Morgan fingerprint density at radius 1 is 1.14 bits per heavy atom. The molecule has 0 aliphatic rings. The van der Waals surface area contributed by atoms with Crippen molar-refractivity contribution in [2.45, 2.75) is 19.1 Å². The van der Waals surface area contributed by atoms with Gasteiger partial charge in [-0.2, -0.15) is 0 Å². The van der Waals surface area contributed by atoms with Gasteiger partial charge in [-0.15, -0.1) is 0 Å². The van der Waals surface area contributed by atoms with Gasteiger partial charge in [0.1, 0.15) is 5.82 Å². The molecule has 22 heavy (non-hydrogen) atoms. The first-order valence-corrected chi connectivity index (χ1v) is 7.09. The fourth-order valence-electron chi connectivity index (χ4n) is 2.09. The van der Waals surface area contributed by atoms with Gasteiger partial charge < -0.3 is 15.7 Å². The van der Waals surface area contributed by atoms with Crippen LogP contribution in [0.2, 0.25) is 0 Å². The Labute approximate surface area is 129 Å².